The molecule has 1 saturated heterocycles. The van der Waals surface area contributed by atoms with Crippen molar-refractivity contribution in [3.63, 3.8) is 0 Å². The molecule has 0 aromatic heterocycles. The number of hydrazone groups is 1. The lowest BCUT2D eigenvalue weighted by molar-refractivity contribution is -0.118. The van der Waals surface area contributed by atoms with Crippen molar-refractivity contribution in [1.29, 1.82) is 0 Å². The minimum Gasteiger partial charge on any atom is -0.292 e. The Kier molecular flexibility index (Phi) is 3.82. The molecule has 2 aliphatic heterocycles. The molecule has 0 aliphatic carbocycles. The molecule has 2 atom stereocenters. The number of hydrogen-bond acceptors (Lipinski definition) is 5. The van der Waals surface area contributed by atoms with E-state index in [1.54, 1.807) is 13.1 Å². The van der Waals surface area contributed by atoms with Gasteiger partial charge in [0.05, 0.1) is 28.9 Å². The predicted molar refractivity (Wildman–Crippen MR) is 86.1 cm³/mol. The summed E-state index contributed by atoms with van der Waals surface area (Å²) in [7, 11) is -2.96. The highest BCUT2D eigenvalue weighted by molar-refractivity contribution is 7.91. The maximum absolute atomic E-state index is 12.5. The van der Waals surface area contributed by atoms with Gasteiger partial charge in [0.15, 0.2) is 9.84 Å². The average Bonchev–Trinajstić information content (AvgIpc) is 2.98. The van der Waals surface area contributed by atoms with E-state index in [-0.39, 0.29) is 23.5 Å². The largest absolute Gasteiger partial charge is 0.292 e. The van der Waals surface area contributed by atoms with E-state index in [1.165, 1.54) is 5.01 Å². The minimum absolute atomic E-state index is 0.0724. The number of para-hydroxylation sites is 1. The van der Waals surface area contributed by atoms with Crippen molar-refractivity contribution < 1.29 is 13.2 Å². The van der Waals surface area contributed by atoms with Crippen LogP contribution in [0, 0.1) is 5.92 Å². The van der Waals surface area contributed by atoms with Crippen LogP contribution in [0.4, 0.5) is 5.69 Å². The zero-order valence-electron chi connectivity index (χ0n) is 12.2. The van der Waals surface area contributed by atoms with Gasteiger partial charge in [0, 0.05) is 6.21 Å². The quantitative estimate of drug-likeness (QED) is 0.787. The van der Waals surface area contributed by atoms with E-state index >= 15 is 0 Å². The van der Waals surface area contributed by atoms with E-state index in [2.05, 4.69) is 10.1 Å². The number of aliphatic imine (C=N–C) groups is 1. The van der Waals surface area contributed by atoms with E-state index in [4.69, 9.17) is 0 Å². The van der Waals surface area contributed by atoms with Gasteiger partial charge in [-0.25, -0.2) is 8.42 Å². The van der Waals surface area contributed by atoms with Gasteiger partial charge in [-0.15, -0.1) is 0 Å². The van der Waals surface area contributed by atoms with E-state index in [1.807, 2.05) is 30.3 Å². The Hall–Kier alpha value is -2.02. The number of rotatable bonds is 3. The summed E-state index contributed by atoms with van der Waals surface area (Å²) in [6.07, 6.45) is 2.08. The third kappa shape index (κ3) is 2.94. The van der Waals surface area contributed by atoms with Crippen LogP contribution in [0.1, 0.15) is 13.3 Å². The number of carbonyl (C=O) groups is 1. The summed E-state index contributed by atoms with van der Waals surface area (Å²) >= 11 is 0. The Morgan fingerprint density at radius 3 is 2.68 bits per heavy atom. The normalized spacial score (nSPS) is 27.6. The van der Waals surface area contributed by atoms with Crippen LogP contribution in [-0.2, 0) is 14.6 Å². The van der Waals surface area contributed by atoms with Crippen LogP contribution in [0.25, 0.3) is 0 Å². The molecule has 1 aromatic carbocycles. The van der Waals surface area contributed by atoms with Crippen LogP contribution in [0.5, 0.6) is 0 Å². The molecule has 0 unspecified atom stereocenters. The molecule has 0 radical (unpaired) electrons. The van der Waals surface area contributed by atoms with Gasteiger partial charge in [0.25, 0.3) is 5.91 Å². The molecule has 3 rings (SSSR count). The number of carbonyl (C=O) groups excluding carboxylic acids is 1. The average molecular weight is 319 g/mol. The fourth-order valence-electron chi connectivity index (χ4n) is 2.61. The fourth-order valence-corrected chi connectivity index (χ4v) is 4.24. The highest BCUT2D eigenvalue weighted by Gasteiger charge is 2.34. The second-order valence-corrected chi connectivity index (χ2v) is 7.79. The van der Waals surface area contributed by atoms with Crippen LogP contribution in [0.2, 0.25) is 0 Å². The lowest BCUT2D eigenvalue weighted by Crippen LogP contribution is -2.28. The van der Waals surface area contributed by atoms with Crippen molar-refractivity contribution in [3.8, 4) is 0 Å². The van der Waals surface area contributed by atoms with Crippen molar-refractivity contribution in [2.75, 3.05) is 16.5 Å². The Bertz CT molecular complexity index is 741. The van der Waals surface area contributed by atoms with Crippen LogP contribution in [0.15, 0.2) is 40.4 Å². The molecule has 6 nitrogen and oxygen atoms in total. The number of nitrogens with zero attached hydrogens (tertiary/aromatic N) is 3. The van der Waals surface area contributed by atoms with Crippen LogP contribution in [-0.4, -0.2) is 43.8 Å². The topological polar surface area (TPSA) is 79.2 Å². The van der Waals surface area contributed by atoms with Crippen LogP contribution >= 0.6 is 0 Å². The SMILES string of the molecule is CC1=NN(c2ccccc2)C(=O)[C@H]1C=N[C@@H]1CCS(=O)(=O)C1. The first-order valence-electron chi connectivity index (χ1n) is 7.14. The lowest BCUT2D eigenvalue weighted by Gasteiger charge is -2.12. The van der Waals surface area contributed by atoms with Crippen molar-refractivity contribution in [1.82, 2.24) is 0 Å². The van der Waals surface area contributed by atoms with Crippen LogP contribution in [0.3, 0.4) is 0 Å². The summed E-state index contributed by atoms with van der Waals surface area (Å²) in [4.78, 5) is 16.7. The number of amides is 1. The third-order valence-electron chi connectivity index (χ3n) is 3.84. The maximum Gasteiger partial charge on any atom is 0.261 e. The molecule has 0 N–H and O–H groups in total. The Balaban J connectivity index is 1.74. The molecule has 2 heterocycles. The third-order valence-corrected chi connectivity index (χ3v) is 5.59. The molecule has 1 fully saturated rings. The zero-order valence-corrected chi connectivity index (χ0v) is 13.0. The molecule has 116 valence electrons. The van der Waals surface area contributed by atoms with Crippen molar-refractivity contribution >= 4 is 33.4 Å². The molecule has 2 aliphatic rings. The molecule has 7 heteroatoms. The van der Waals surface area contributed by atoms with Gasteiger partial charge in [-0.1, -0.05) is 18.2 Å². The van der Waals surface area contributed by atoms with Gasteiger partial charge >= 0.3 is 0 Å². The Labute approximate surface area is 129 Å². The molecule has 1 aromatic rings. The molecule has 0 spiro atoms. The molecule has 0 bridgehead atoms. The summed E-state index contributed by atoms with van der Waals surface area (Å²) in [6, 6.07) is 8.96. The first-order valence-corrected chi connectivity index (χ1v) is 8.96. The standard InChI is InChI=1S/C15H17N3O3S/c1-11-14(9-16-12-7-8-22(20,21)10-12)15(19)18(17-11)13-5-3-2-4-6-13/h2-6,9,12,14H,7-8,10H2,1H3/t12-,14+/m1/s1. The van der Waals surface area contributed by atoms with Crippen LogP contribution < -0.4 is 5.01 Å². The van der Waals surface area contributed by atoms with E-state index < -0.39 is 15.8 Å². The number of benzene rings is 1. The highest BCUT2D eigenvalue weighted by atomic mass is 32.2. The zero-order chi connectivity index (χ0) is 15.7. The fraction of sp³-hybridized carbons (Fsp3) is 0.400. The van der Waals surface area contributed by atoms with Gasteiger partial charge < -0.3 is 0 Å². The van der Waals surface area contributed by atoms with E-state index in [9.17, 15) is 13.2 Å². The van der Waals surface area contributed by atoms with Gasteiger partial charge in [0.2, 0.25) is 0 Å². The summed E-state index contributed by atoms with van der Waals surface area (Å²) in [5.41, 5.74) is 1.38. The lowest BCUT2D eigenvalue weighted by atomic mass is 10.1. The monoisotopic (exact) mass is 319 g/mol. The molecule has 0 saturated carbocycles. The van der Waals surface area contributed by atoms with Gasteiger partial charge in [-0.2, -0.15) is 10.1 Å². The first-order chi connectivity index (χ1) is 10.5. The van der Waals surface area contributed by atoms with E-state index in [0.717, 1.165) is 0 Å². The van der Waals surface area contributed by atoms with Crippen molar-refractivity contribution in [2.24, 2.45) is 16.0 Å². The maximum atomic E-state index is 12.5. The smallest absolute Gasteiger partial charge is 0.261 e. The van der Waals surface area contributed by atoms with E-state index in [0.29, 0.717) is 17.8 Å². The minimum atomic E-state index is -2.96. The van der Waals surface area contributed by atoms with Crippen molar-refractivity contribution in [3.05, 3.63) is 30.3 Å². The second-order valence-electron chi connectivity index (χ2n) is 5.56. The number of sulfone groups is 1. The molecular formula is C15H17N3O3S. The summed E-state index contributed by atoms with van der Waals surface area (Å²) in [5.74, 6) is -0.420. The summed E-state index contributed by atoms with van der Waals surface area (Å²) in [6.45, 7) is 1.78. The summed E-state index contributed by atoms with van der Waals surface area (Å²) in [5, 5.41) is 5.66. The summed E-state index contributed by atoms with van der Waals surface area (Å²) < 4.78 is 22.9. The van der Waals surface area contributed by atoms with Gasteiger partial charge in [-0.05, 0) is 25.5 Å². The van der Waals surface area contributed by atoms with Crippen molar-refractivity contribution in [2.45, 2.75) is 19.4 Å². The molecule has 22 heavy (non-hydrogen) atoms. The Morgan fingerprint density at radius 1 is 1.32 bits per heavy atom. The second kappa shape index (κ2) is 5.64. The number of anilines is 1. The molecular weight excluding hydrogens is 302 g/mol. The first kappa shape index (κ1) is 14.9. The van der Waals surface area contributed by atoms with Gasteiger partial charge in [-0.3, -0.25) is 9.79 Å². The van der Waals surface area contributed by atoms with Gasteiger partial charge in [0.1, 0.15) is 5.92 Å². The predicted octanol–water partition coefficient (Wildman–Crippen LogP) is 1.28. The number of hydrogen-bond donors (Lipinski definition) is 0. The Morgan fingerprint density at radius 2 is 2.05 bits per heavy atom. The molecule has 1 amide bonds. The highest BCUT2D eigenvalue weighted by Crippen LogP contribution is 2.23.